The first-order valence-electron chi connectivity index (χ1n) is 11.9. The molecule has 7 nitrogen and oxygen atoms in total. The quantitative estimate of drug-likeness (QED) is 0.450. The highest BCUT2D eigenvalue weighted by molar-refractivity contribution is 5.85. The van der Waals surface area contributed by atoms with Crippen LogP contribution in [0.4, 0.5) is 4.79 Å². The van der Waals surface area contributed by atoms with Crippen LogP contribution in [0.25, 0.3) is 11.1 Å². The Morgan fingerprint density at radius 2 is 1.59 bits per heavy atom. The molecule has 0 heterocycles. The zero-order valence-corrected chi connectivity index (χ0v) is 20.0. The second-order valence-corrected chi connectivity index (χ2v) is 9.27. The molecule has 0 radical (unpaired) electrons. The first-order chi connectivity index (χ1) is 16.3. The summed E-state index contributed by atoms with van der Waals surface area (Å²) in [5, 5.41) is 14.6. The van der Waals surface area contributed by atoms with Crippen LogP contribution in [0.3, 0.4) is 0 Å². The maximum Gasteiger partial charge on any atom is 0.407 e. The van der Waals surface area contributed by atoms with Crippen LogP contribution in [0, 0.1) is 11.8 Å². The minimum Gasteiger partial charge on any atom is -0.481 e. The summed E-state index contributed by atoms with van der Waals surface area (Å²) in [5.74, 6) is -1.12. The van der Waals surface area contributed by atoms with Crippen molar-refractivity contribution in [1.29, 1.82) is 0 Å². The van der Waals surface area contributed by atoms with Crippen LogP contribution >= 0.6 is 0 Å². The van der Waals surface area contributed by atoms with Crippen molar-refractivity contribution in [1.82, 2.24) is 10.6 Å². The van der Waals surface area contributed by atoms with Gasteiger partial charge in [0.05, 0.1) is 0 Å². The van der Waals surface area contributed by atoms with Gasteiger partial charge in [-0.05, 0) is 46.9 Å². The van der Waals surface area contributed by atoms with Crippen LogP contribution < -0.4 is 10.6 Å². The predicted molar refractivity (Wildman–Crippen MR) is 130 cm³/mol. The smallest absolute Gasteiger partial charge is 0.407 e. The van der Waals surface area contributed by atoms with Crippen molar-refractivity contribution in [2.75, 3.05) is 13.2 Å². The molecule has 1 aliphatic carbocycles. The topological polar surface area (TPSA) is 105 Å². The van der Waals surface area contributed by atoms with E-state index in [-0.39, 0.29) is 37.3 Å². The lowest BCUT2D eigenvalue weighted by molar-refractivity contribution is -0.138. The third kappa shape index (κ3) is 6.37. The molecule has 2 aromatic rings. The SMILES string of the molecule is CCC(NC(=O)OCC1c2ccccc2-c2ccccc21)C(=O)NC[C@H](CC(=O)O)CC(C)C. The Hall–Kier alpha value is -3.35. The maximum absolute atomic E-state index is 12.6. The van der Waals surface area contributed by atoms with Gasteiger partial charge in [-0.15, -0.1) is 0 Å². The highest BCUT2D eigenvalue weighted by Gasteiger charge is 2.29. The first kappa shape index (κ1) is 25.3. The summed E-state index contributed by atoms with van der Waals surface area (Å²) in [6.07, 6.45) is 0.440. The van der Waals surface area contributed by atoms with Crippen LogP contribution in [0.15, 0.2) is 48.5 Å². The lowest BCUT2D eigenvalue weighted by atomic mass is 9.94. The van der Waals surface area contributed by atoms with Crippen LogP contribution in [-0.4, -0.2) is 42.3 Å². The number of rotatable bonds is 11. The molecule has 0 aliphatic heterocycles. The molecule has 3 N–H and O–H groups in total. The molecular formula is C27H34N2O5. The van der Waals surface area contributed by atoms with E-state index in [4.69, 9.17) is 9.84 Å². The normalized spacial score (nSPS) is 14.1. The number of amides is 2. The van der Waals surface area contributed by atoms with Gasteiger partial charge in [0.1, 0.15) is 12.6 Å². The number of alkyl carbamates (subject to hydrolysis) is 1. The Kier molecular flexibility index (Phi) is 8.68. The molecule has 7 heteroatoms. The Balaban J connectivity index is 1.55. The van der Waals surface area contributed by atoms with E-state index in [0.717, 1.165) is 22.3 Å². The molecule has 1 aliphatic rings. The van der Waals surface area contributed by atoms with Gasteiger partial charge in [-0.3, -0.25) is 9.59 Å². The fourth-order valence-electron chi connectivity index (χ4n) is 4.66. The number of carbonyl (C=O) groups excluding carboxylic acids is 2. The van der Waals surface area contributed by atoms with Crippen LogP contribution in [0.2, 0.25) is 0 Å². The van der Waals surface area contributed by atoms with Gasteiger partial charge >= 0.3 is 12.1 Å². The zero-order chi connectivity index (χ0) is 24.7. The fraction of sp³-hybridized carbons (Fsp3) is 0.444. The second kappa shape index (κ2) is 11.7. The van der Waals surface area contributed by atoms with E-state index in [0.29, 0.717) is 18.8 Å². The standard InChI is InChI=1S/C27H34N2O5/c1-4-24(26(32)28-15-18(13-17(2)3)14-25(30)31)29-27(33)34-16-23-21-11-7-5-9-19(21)20-10-6-8-12-22(20)23/h5-12,17-18,23-24H,4,13-16H2,1-3H3,(H,28,32)(H,29,33)(H,30,31)/t18-,24?/m0/s1. The summed E-state index contributed by atoms with van der Waals surface area (Å²) >= 11 is 0. The lowest BCUT2D eigenvalue weighted by Crippen LogP contribution is -2.47. The molecule has 34 heavy (non-hydrogen) atoms. The van der Waals surface area contributed by atoms with Gasteiger partial charge in [-0.1, -0.05) is 69.3 Å². The number of carboxylic acid groups (broad SMARTS) is 1. The summed E-state index contributed by atoms with van der Waals surface area (Å²) < 4.78 is 5.55. The van der Waals surface area contributed by atoms with Crippen molar-refractivity contribution in [2.45, 2.75) is 52.0 Å². The van der Waals surface area contributed by atoms with Crippen LogP contribution in [0.5, 0.6) is 0 Å². The number of benzene rings is 2. The van der Waals surface area contributed by atoms with E-state index < -0.39 is 18.1 Å². The van der Waals surface area contributed by atoms with Gasteiger partial charge in [0.2, 0.25) is 5.91 Å². The second-order valence-electron chi connectivity index (χ2n) is 9.27. The van der Waals surface area contributed by atoms with E-state index in [1.54, 1.807) is 6.92 Å². The molecule has 0 saturated carbocycles. The first-order valence-corrected chi connectivity index (χ1v) is 11.9. The Morgan fingerprint density at radius 1 is 1.00 bits per heavy atom. The highest BCUT2D eigenvalue weighted by atomic mass is 16.5. The average Bonchev–Trinajstić information content (AvgIpc) is 3.12. The molecule has 2 atom stereocenters. The van der Waals surface area contributed by atoms with Gasteiger partial charge in [0, 0.05) is 18.9 Å². The Bertz CT molecular complexity index is 974. The molecule has 0 saturated heterocycles. The fourth-order valence-corrected chi connectivity index (χ4v) is 4.66. The van der Waals surface area contributed by atoms with E-state index >= 15 is 0 Å². The summed E-state index contributed by atoms with van der Waals surface area (Å²) in [4.78, 5) is 36.3. The van der Waals surface area contributed by atoms with Crippen molar-refractivity contribution >= 4 is 18.0 Å². The van der Waals surface area contributed by atoms with Crippen molar-refractivity contribution in [2.24, 2.45) is 11.8 Å². The molecule has 2 aromatic carbocycles. The van der Waals surface area contributed by atoms with Crippen molar-refractivity contribution in [3.63, 3.8) is 0 Å². The molecule has 182 valence electrons. The largest absolute Gasteiger partial charge is 0.481 e. The van der Waals surface area contributed by atoms with Gasteiger partial charge in [-0.2, -0.15) is 0 Å². The summed E-state index contributed by atoms with van der Waals surface area (Å²) in [7, 11) is 0. The molecular weight excluding hydrogens is 432 g/mol. The van der Waals surface area contributed by atoms with Gasteiger partial charge in [0.15, 0.2) is 0 Å². The lowest BCUT2D eigenvalue weighted by Gasteiger charge is -2.21. The van der Waals surface area contributed by atoms with Gasteiger partial charge < -0.3 is 20.5 Å². The van der Waals surface area contributed by atoms with Crippen molar-refractivity contribution in [3.05, 3.63) is 59.7 Å². The summed E-state index contributed by atoms with van der Waals surface area (Å²) in [5.41, 5.74) is 4.54. The third-order valence-corrected chi connectivity index (χ3v) is 6.19. The summed E-state index contributed by atoms with van der Waals surface area (Å²) in [6.45, 7) is 6.27. The number of aliphatic carboxylic acids is 1. The van der Waals surface area contributed by atoms with E-state index in [1.807, 2.05) is 50.2 Å². The number of hydrogen-bond acceptors (Lipinski definition) is 4. The zero-order valence-electron chi connectivity index (χ0n) is 20.0. The predicted octanol–water partition coefficient (Wildman–Crippen LogP) is 4.56. The van der Waals surface area contributed by atoms with Crippen LogP contribution in [0.1, 0.15) is 57.1 Å². The maximum atomic E-state index is 12.6. The average molecular weight is 467 g/mol. The molecule has 3 rings (SSSR count). The summed E-state index contributed by atoms with van der Waals surface area (Å²) in [6, 6.07) is 15.4. The molecule has 2 amide bonds. The number of carboxylic acids is 1. The molecule has 0 fully saturated rings. The molecule has 1 unspecified atom stereocenters. The van der Waals surface area contributed by atoms with E-state index in [2.05, 4.69) is 22.8 Å². The van der Waals surface area contributed by atoms with E-state index in [1.165, 1.54) is 0 Å². The number of nitrogens with one attached hydrogen (secondary N) is 2. The third-order valence-electron chi connectivity index (χ3n) is 6.19. The van der Waals surface area contributed by atoms with Gasteiger partial charge in [0.25, 0.3) is 0 Å². The minimum absolute atomic E-state index is 0.00490. The molecule has 0 aromatic heterocycles. The van der Waals surface area contributed by atoms with E-state index in [9.17, 15) is 14.4 Å². The number of hydrogen-bond donors (Lipinski definition) is 3. The van der Waals surface area contributed by atoms with Gasteiger partial charge in [-0.25, -0.2) is 4.79 Å². The number of ether oxygens (including phenoxy) is 1. The molecule has 0 spiro atoms. The minimum atomic E-state index is -0.885. The number of fused-ring (bicyclic) bond motifs is 3. The Morgan fingerprint density at radius 3 is 2.12 bits per heavy atom. The molecule has 0 bridgehead atoms. The number of carbonyl (C=O) groups is 3. The van der Waals surface area contributed by atoms with Crippen molar-refractivity contribution in [3.8, 4) is 11.1 Å². The highest BCUT2D eigenvalue weighted by Crippen LogP contribution is 2.44. The monoisotopic (exact) mass is 466 g/mol. The Labute approximate surface area is 200 Å². The van der Waals surface area contributed by atoms with Crippen molar-refractivity contribution < 1.29 is 24.2 Å². The van der Waals surface area contributed by atoms with Crippen LogP contribution in [-0.2, 0) is 14.3 Å².